The number of hydrogen-bond acceptors (Lipinski definition) is 2. The Bertz CT molecular complexity index is 432. The van der Waals surface area contributed by atoms with E-state index in [4.69, 9.17) is 16.7 Å². The molecule has 4 nitrogen and oxygen atoms in total. The molecule has 1 amide bonds. The first kappa shape index (κ1) is 13.5. The fourth-order valence-corrected chi connectivity index (χ4v) is 1.34. The second kappa shape index (κ2) is 5.68. The number of rotatable bonds is 4. The van der Waals surface area contributed by atoms with Crippen molar-refractivity contribution in [3.63, 3.8) is 0 Å². The highest BCUT2D eigenvalue weighted by atomic mass is 35.5. The molecule has 0 bridgehead atoms. The Hall–Kier alpha value is -1.55. The van der Waals surface area contributed by atoms with Crippen LogP contribution in [0.1, 0.15) is 24.2 Å². The summed E-state index contributed by atoms with van der Waals surface area (Å²) in [6, 6.07) is 6.21. The number of carbonyl (C=O) groups is 2. The Morgan fingerprint density at radius 3 is 2.41 bits per heavy atom. The summed E-state index contributed by atoms with van der Waals surface area (Å²) in [6.45, 7) is 3.64. The Morgan fingerprint density at radius 2 is 1.88 bits per heavy atom. The first-order chi connectivity index (χ1) is 7.93. The van der Waals surface area contributed by atoms with E-state index in [0.29, 0.717) is 0 Å². The van der Waals surface area contributed by atoms with Crippen LogP contribution in [0.5, 0.6) is 0 Å². The summed E-state index contributed by atoms with van der Waals surface area (Å²) in [4.78, 5) is 22.6. The molecule has 0 saturated heterocycles. The lowest BCUT2D eigenvalue weighted by Gasteiger charge is -2.14. The molecule has 1 aromatic rings. The van der Waals surface area contributed by atoms with Gasteiger partial charge in [0.15, 0.2) is 0 Å². The molecule has 17 heavy (non-hydrogen) atoms. The molecule has 0 aliphatic heterocycles. The summed E-state index contributed by atoms with van der Waals surface area (Å²) < 4.78 is 0. The van der Waals surface area contributed by atoms with Crippen LogP contribution in [-0.2, 0) is 4.79 Å². The van der Waals surface area contributed by atoms with E-state index in [9.17, 15) is 9.59 Å². The van der Waals surface area contributed by atoms with Crippen LogP contribution in [0.2, 0.25) is 0 Å². The maximum Gasteiger partial charge on any atom is 0.337 e. The first-order valence-corrected chi connectivity index (χ1v) is 5.64. The largest absolute Gasteiger partial charge is 0.478 e. The van der Waals surface area contributed by atoms with Gasteiger partial charge in [-0.05, 0) is 18.1 Å². The van der Waals surface area contributed by atoms with E-state index in [1.807, 2.05) is 13.8 Å². The van der Waals surface area contributed by atoms with E-state index in [2.05, 4.69) is 5.32 Å². The molecule has 1 aromatic carbocycles. The summed E-state index contributed by atoms with van der Waals surface area (Å²) in [5.74, 6) is -1.50. The van der Waals surface area contributed by atoms with E-state index in [-0.39, 0.29) is 17.2 Å². The third-order valence-corrected chi connectivity index (χ3v) is 2.95. The molecular weight excluding hydrogens is 242 g/mol. The minimum absolute atomic E-state index is 0.0198. The summed E-state index contributed by atoms with van der Waals surface area (Å²) in [5.41, 5.74) is 0.310. The number of halogens is 1. The molecule has 0 unspecified atom stereocenters. The highest BCUT2D eigenvalue weighted by molar-refractivity contribution is 6.32. The van der Waals surface area contributed by atoms with Gasteiger partial charge in [0.2, 0.25) is 5.91 Å². The average molecular weight is 256 g/mol. The third-order valence-electron chi connectivity index (χ3n) is 2.25. The molecule has 2 N–H and O–H groups in total. The molecular formula is C12H14ClNO3. The zero-order valence-corrected chi connectivity index (χ0v) is 10.4. The van der Waals surface area contributed by atoms with Crippen LogP contribution >= 0.6 is 11.6 Å². The number of nitrogens with one attached hydrogen (secondary N) is 1. The molecule has 0 aliphatic carbocycles. The molecule has 0 radical (unpaired) electrons. The van der Waals surface area contributed by atoms with E-state index < -0.39 is 17.3 Å². The van der Waals surface area contributed by atoms with Crippen molar-refractivity contribution in [3.8, 4) is 0 Å². The highest BCUT2D eigenvalue weighted by Crippen LogP contribution is 2.17. The minimum Gasteiger partial charge on any atom is -0.478 e. The standard InChI is InChI=1S/C12H14ClNO3/c1-7(2)10(13)11(15)14-9-6-4-3-5-8(9)12(16)17/h3-7,10H,1-2H3,(H,14,15)(H,16,17)/t10-/m0/s1. The van der Waals surface area contributed by atoms with E-state index in [1.165, 1.54) is 12.1 Å². The number of amides is 1. The molecule has 0 heterocycles. The second-order valence-corrected chi connectivity index (χ2v) is 4.46. The number of carbonyl (C=O) groups excluding carboxylic acids is 1. The monoisotopic (exact) mass is 255 g/mol. The maximum atomic E-state index is 11.7. The number of carboxylic acids is 1. The number of alkyl halides is 1. The van der Waals surface area contributed by atoms with E-state index in [0.717, 1.165) is 0 Å². The van der Waals surface area contributed by atoms with Crippen LogP contribution in [-0.4, -0.2) is 22.4 Å². The molecule has 0 fully saturated rings. The molecule has 5 heteroatoms. The Labute approximate surface area is 105 Å². The highest BCUT2D eigenvalue weighted by Gasteiger charge is 2.20. The van der Waals surface area contributed by atoms with Crippen LogP contribution in [0.4, 0.5) is 5.69 Å². The van der Waals surface area contributed by atoms with Gasteiger partial charge in [-0.15, -0.1) is 11.6 Å². The number of para-hydroxylation sites is 1. The normalized spacial score (nSPS) is 12.2. The van der Waals surface area contributed by atoms with Crippen molar-refractivity contribution in [1.82, 2.24) is 0 Å². The van der Waals surface area contributed by atoms with Gasteiger partial charge in [-0.3, -0.25) is 4.79 Å². The van der Waals surface area contributed by atoms with Crippen LogP contribution < -0.4 is 5.32 Å². The van der Waals surface area contributed by atoms with Gasteiger partial charge in [0.25, 0.3) is 0 Å². The van der Waals surface area contributed by atoms with E-state index >= 15 is 0 Å². The van der Waals surface area contributed by atoms with Crippen molar-refractivity contribution < 1.29 is 14.7 Å². The topological polar surface area (TPSA) is 66.4 Å². The molecule has 0 saturated carbocycles. The zero-order chi connectivity index (χ0) is 13.0. The van der Waals surface area contributed by atoms with Crippen molar-refractivity contribution in [2.24, 2.45) is 5.92 Å². The van der Waals surface area contributed by atoms with Crippen LogP contribution in [0.3, 0.4) is 0 Å². The molecule has 0 aliphatic rings. The number of aromatic carboxylic acids is 1. The quantitative estimate of drug-likeness (QED) is 0.813. The van der Waals surface area contributed by atoms with Gasteiger partial charge in [-0.25, -0.2) is 4.79 Å². The van der Waals surface area contributed by atoms with E-state index in [1.54, 1.807) is 12.1 Å². The summed E-state index contributed by atoms with van der Waals surface area (Å²) >= 11 is 5.89. The fourth-order valence-electron chi connectivity index (χ4n) is 1.28. The molecule has 0 aromatic heterocycles. The van der Waals surface area contributed by atoms with Gasteiger partial charge in [0, 0.05) is 0 Å². The molecule has 0 spiro atoms. The predicted octanol–water partition coefficient (Wildman–Crippen LogP) is 2.59. The van der Waals surface area contributed by atoms with Gasteiger partial charge < -0.3 is 10.4 Å². The van der Waals surface area contributed by atoms with Crippen molar-refractivity contribution in [2.75, 3.05) is 5.32 Å². The van der Waals surface area contributed by atoms with Gasteiger partial charge >= 0.3 is 5.97 Å². The fraction of sp³-hybridized carbons (Fsp3) is 0.333. The Morgan fingerprint density at radius 1 is 1.29 bits per heavy atom. The second-order valence-electron chi connectivity index (χ2n) is 3.99. The lowest BCUT2D eigenvalue weighted by molar-refractivity contribution is -0.116. The first-order valence-electron chi connectivity index (χ1n) is 5.20. The Kier molecular flexibility index (Phi) is 4.52. The zero-order valence-electron chi connectivity index (χ0n) is 9.61. The predicted molar refractivity (Wildman–Crippen MR) is 66.5 cm³/mol. The van der Waals surface area contributed by atoms with Gasteiger partial charge in [0.05, 0.1) is 11.3 Å². The van der Waals surface area contributed by atoms with Crippen LogP contribution in [0, 0.1) is 5.92 Å². The maximum absolute atomic E-state index is 11.7. The third kappa shape index (κ3) is 3.46. The van der Waals surface area contributed by atoms with Gasteiger partial charge in [0.1, 0.15) is 5.38 Å². The number of benzene rings is 1. The lowest BCUT2D eigenvalue weighted by Crippen LogP contribution is -2.28. The van der Waals surface area contributed by atoms with Crippen LogP contribution in [0.15, 0.2) is 24.3 Å². The Balaban J connectivity index is 2.89. The number of hydrogen-bond donors (Lipinski definition) is 2. The van der Waals surface area contributed by atoms with Gasteiger partial charge in [-0.1, -0.05) is 26.0 Å². The SMILES string of the molecule is CC(C)[C@H](Cl)C(=O)Nc1ccccc1C(=O)O. The summed E-state index contributed by atoms with van der Waals surface area (Å²) in [6.07, 6.45) is 0. The smallest absolute Gasteiger partial charge is 0.337 e. The number of carboxylic acid groups (broad SMARTS) is 1. The summed E-state index contributed by atoms with van der Waals surface area (Å²) in [7, 11) is 0. The van der Waals surface area contributed by atoms with Crippen LogP contribution in [0.25, 0.3) is 0 Å². The molecule has 1 rings (SSSR count). The van der Waals surface area contributed by atoms with Crippen molar-refractivity contribution in [3.05, 3.63) is 29.8 Å². The lowest BCUT2D eigenvalue weighted by atomic mass is 10.1. The van der Waals surface area contributed by atoms with Gasteiger partial charge in [-0.2, -0.15) is 0 Å². The molecule has 92 valence electrons. The molecule has 1 atom stereocenters. The summed E-state index contributed by atoms with van der Waals surface area (Å²) in [5, 5.41) is 10.8. The van der Waals surface area contributed by atoms with Crippen molar-refractivity contribution in [2.45, 2.75) is 19.2 Å². The number of anilines is 1. The average Bonchev–Trinajstić information content (AvgIpc) is 2.28. The van der Waals surface area contributed by atoms with Crippen molar-refractivity contribution >= 4 is 29.2 Å². The van der Waals surface area contributed by atoms with Crippen molar-refractivity contribution in [1.29, 1.82) is 0 Å². The minimum atomic E-state index is -1.09.